The second kappa shape index (κ2) is 4.07. The smallest absolute Gasteiger partial charge is 0.170 e. The molecule has 4 heteroatoms. The lowest BCUT2D eigenvalue weighted by Gasteiger charge is -2.02. The van der Waals surface area contributed by atoms with Gasteiger partial charge in [-0.25, -0.2) is 9.37 Å². The molecule has 88 valence electrons. The summed E-state index contributed by atoms with van der Waals surface area (Å²) >= 11 is 0. The number of benzene rings is 1. The van der Waals surface area contributed by atoms with E-state index in [0.29, 0.717) is 17.6 Å². The van der Waals surface area contributed by atoms with Crippen LogP contribution in [-0.4, -0.2) is 15.7 Å². The molecule has 0 saturated carbocycles. The monoisotopic (exact) mass is 240 g/mol. The zero-order chi connectivity index (χ0) is 12.5. The van der Waals surface area contributed by atoms with Gasteiger partial charge in [0, 0.05) is 12.4 Å². The van der Waals surface area contributed by atoms with Crippen LogP contribution < -0.4 is 0 Å². The quantitative estimate of drug-likeness (QED) is 0.645. The maximum atomic E-state index is 13.2. The Balaban J connectivity index is 2.15. The minimum absolute atomic E-state index is 0.271. The standard InChI is InChI=1S/C14H9FN2O/c15-12-3-1-2-10(6-12)11-4-5-14-16-13(9-18)8-17(14)7-11/h1-9H. The van der Waals surface area contributed by atoms with Gasteiger partial charge in [-0.05, 0) is 35.4 Å². The number of pyridine rings is 1. The van der Waals surface area contributed by atoms with Crippen LogP contribution in [0.2, 0.25) is 0 Å². The molecular formula is C14H9FN2O. The van der Waals surface area contributed by atoms with Crippen LogP contribution >= 0.6 is 0 Å². The molecule has 0 bridgehead atoms. The number of aromatic nitrogens is 2. The van der Waals surface area contributed by atoms with Crippen LogP contribution in [0.15, 0.2) is 48.8 Å². The molecule has 18 heavy (non-hydrogen) atoms. The number of imidazole rings is 1. The predicted octanol–water partition coefficient (Wildman–Crippen LogP) is 2.95. The number of halogens is 1. The molecule has 2 aromatic heterocycles. The van der Waals surface area contributed by atoms with Crippen LogP contribution in [0.4, 0.5) is 4.39 Å². The first-order chi connectivity index (χ1) is 8.76. The van der Waals surface area contributed by atoms with Gasteiger partial charge in [0.1, 0.15) is 17.2 Å². The molecule has 0 aliphatic carbocycles. The first-order valence-corrected chi connectivity index (χ1v) is 5.46. The van der Waals surface area contributed by atoms with E-state index >= 15 is 0 Å². The molecule has 0 radical (unpaired) electrons. The lowest BCUT2D eigenvalue weighted by atomic mass is 10.1. The van der Waals surface area contributed by atoms with Crippen molar-refractivity contribution < 1.29 is 9.18 Å². The van der Waals surface area contributed by atoms with Crippen molar-refractivity contribution in [1.82, 2.24) is 9.38 Å². The lowest BCUT2D eigenvalue weighted by Crippen LogP contribution is -1.86. The molecule has 0 saturated heterocycles. The highest BCUT2D eigenvalue weighted by molar-refractivity contribution is 5.74. The third kappa shape index (κ3) is 1.78. The highest BCUT2D eigenvalue weighted by Gasteiger charge is 2.03. The van der Waals surface area contributed by atoms with Crippen LogP contribution in [0.3, 0.4) is 0 Å². The molecule has 0 unspecified atom stereocenters. The Morgan fingerprint density at radius 3 is 2.78 bits per heavy atom. The largest absolute Gasteiger partial charge is 0.306 e. The number of carbonyl (C=O) groups is 1. The fraction of sp³-hybridized carbons (Fsp3) is 0. The summed E-state index contributed by atoms with van der Waals surface area (Å²) in [6.07, 6.45) is 4.17. The van der Waals surface area contributed by atoms with Gasteiger partial charge < -0.3 is 4.40 Å². The Labute approximate surface area is 103 Å². The van der Waals surface area contributed by atoms with E-state index in [2.05, 4.69) is 4.98 Å². The summed E-state index contributed by atoms with van der Waals surface area (Å²) in [5.74, 6) is -0.271. The zero-order valence-electron chi connectivity index (χ0n) is 9.38. The number of fused-ring (bicyclic) bond motifs is 1. The van der Waals surface area contributed by atoms with Crippen LogP contribution in [-0.2, 0) is 0 Å². The van der Waals surface area contributed by atoms with E-state index in [4.69, 9.17) is 0 Å². The molecule has 0 aliphatic heterocycles. The summed E-state index contributed by atoms with van der Waals surface area (Å²) in [4.78, 5) is 14.8. The summed E-state index contributed by atoms with van der Waals surface area (Å²) in [5.41, 5.74) is 2.73. The van der Waals surface area contributed by atoms with Crippen LogP contribution in [0.5, 0.6) is 0 Å². The number of nitrogens with zero attached hydrogens (tertiary/aromatic N) is 2. The molecule has 3 nitrogen and oxygen atoms in total. The molecule has 0 aliphatic rings. The molecule has 0 fully saturated rings. The maximum absolute atomic E-state index is 13.2. The molecule has 0 amide bonds. The molecular weight excluding hydrogens is 231 g/mol. The van der Waals surface area contributed by atoms with Gasteiger partial charge in [-0.3, -0.25) is 4.79 Å². The van der Waals surface area contributed by atoms with Crippen molar-refractivity contribution in [2.45, 2.75) is 0 Å². The van der Waals surface area contributed by atoms with Gasteiger partial charge in [0.2, 0.25) is 0 Å². The maximum Gasteiger partial charge on any atom is 0.170 e. The molecule has 3 rings (SSSR count). The number of aldehydes is 1. The highest BCUT2D eigenvalue weighted by atomic mass is 19.1. The topological polar surface area (TPSA) is 34.4 Å². The van der Waals surface area contributed by atoms with Gasteiger partial charge in [-0.1, -0.05) is 12.1 Å². The van der Waals surface area contributed by atoms with Gasteiger partial charge >= 0.3 is 0 Å². The van der Waals surface area contributed by atoms with Crippen molar-refractivity contribution in [2.75, 3.05) is 0 Å². The van der Waals surface area contributed by atoms with Crippen LogP contribution in [0.25, 0.3) is 16.8 Å². The molecule has 0 N–H and O–H groups in total. The first kappa shape index (κ1) is 10.7. The third-order valence-electron chi connectivity index (χ3n) is 2.75. The van der Waals surface area contributed by atoms with E-state index in [-0.39, 0.29) is 5.82 Å². The summed E-state index contributed by atoms with van der Waals surface area (Å²) in [6.45, 7) is 0. The van der Waals surface area contributed by atoms with E-state index in [1.165, 1.54) is 12.1 Å². The lowest BCUT2D eigenvalue weighted by molar-refractivity contribution is 0.111. The first-order valence-electron chi connectivity index (χ1n) is 5.46. The SMILES string of the molecule is O=Cc1cn2cc(-c3cccc(F)c3)ccc2n1. The Bertz CT molecular complexity index is 733. The van der Waals surface area contributed by atoms with Crippen molar-refractivity contribution in [3.05, 3.63) is 60.3 Å². The zero-order valence-corrected chi connectivity index (χ0v) is 9.38. The predicted molar refractivity (Wildman–Crippen MR) is 66.0 cm³/mol. The summed E-state index contributed by atoms with van der Waals surface area (Å²) in [6, 6.07) is 10.0. The van der Waals surface area contributed by atoms with Crippen molar-refractivity contribution in [3.8, 4) is 11.1 Å². The Morgan fingerprint density at radius 1 is 1.11 bits per heavy atom. The number of carbonyl (C=O) groups excluding carboxylic acids is 1. The normalized spacial score (nSPS) is 10.7. The van der Waals surface area contributed by atoms with Crippen molar-refractivity contribution in [1.29, 1.82) is 0 Å². The summed E-state index contributed by atoms with van der Waals surface area (Å²) in [7, 11) is 0. The van der Waals surface area contributed by atoms with E-state index in [1.54, 1.807) is 22.7 Å². The van der Waals surface area contributed by atoms with Crippen molar-refractivity contribution in [2.24, 2.45) is 0 Å². The van der Waals surface area contributed by atoms with Crippen LogP contribution in [0.1, 0.15) is 10.5 Å². The molecule has 3 aromatic rings. The Hall–Kier alpha value is -2.49. The Kier molecular flexibility index (Phi) is 2.41. The van der Waals surface area contributed by atoms with Crippen LogP contribution in [0, 0.1) is 5.82 Å². The van der Waals surface area contributed by atoms with Gasteiger partial charge in [-0.2, -0.15) is 0 Å². The second-order valence-corrected chi connectivity index (χ2v) is 3.98. The molecule has 1 aromatic carbocycles. The molecule has 0 spiro atoms. The molecule has 2 heterocycles. The number of hydrogen-bond donors (Lipinski definition) is 0. The second-order valence-electron chi connectivity index (χ2n) is 3.98. The number of hydrogen-bond acceptors (Lipinski definition) is 2. The van der Waals surface area contributed by atoms with E-state index in [0.717, 1.165) is 11.1 Å². The number of rotatable bonds is 2. The van der Waals surface area contributed by atoms with Gasteiger partial charge in [0.25, 0.3) is 0 Å². The highest BCUT2D eigenvalue weighted by Crippen LogP contribution is 2.20. The minimum atomic E-state index is -0.271. The van der Waals surface area contributed by atoms with E-state index in [9.17, 15) is 9.18 Å². The molecule has 0 atom stereocenters. The summed E-state index contributed by atoms with van der Waals surface area (Å²) in [5, 5.41) is 0. The minimum Gasteiger partial charge on any atom is -0.306 e. The van der Waals surface area contributed by atoms with Crippen molar-refractivity contribution in [3.63, 3.8) is 0 Å². The fourth-order valence-electron chi connectivity index (χ4n) is 1.91. The average Bonchev–Trinajstić information content (AvgIpc) is 2.80. The third-order valence-corrected chi connectivity index (χ3v) is 2.75. The Morgan fingerprint density at radius 2 is 2.00 bits per heavy atom. The van der Waals surface area contributed by atoms with Crippen molar-refractivity contribution >= 4 is 11.9 Å². The van der Waals surface area contributed by atoms with E-state index in [1.807, 2.05) is 18.3 Å². The van der Waals surface area contributed by atoms with Gasteiger partial charge in [0.05, 0.1) is 0 Å². The fourth-order valence-corrected chi connectivity index (χ4v) is 1.91. The van der Waals surface area contributed by atoms with Gasteiger partial charge in [0.15, 0.2) is 6.29 Å². The summed E-state index contributed by atoms with van der Waals surface area (Å²) < 4.78 is 14.9. The van der Waals surface area contributed by atoms with E-state index < -0.39 is 0 Å². The average molecular weight is 240 g/mol. The van der Waals surface area contributed by atoms with Gasteiger partial charge in [-0.15, -0.1) is 0 Å².